The van der Waals surface area contributed by atoms with Crippen LogP contribution in [0.3, 0.4) is 0 Å². The van der Waals surface area contributed by atoms with Crippen molar-refractivity contribution in [2.45, 2.75) is 12.7 Å². The Balaban J connectivity index is 2.22. The Hall–Kier alpha value is -2.78. The van der Waals surface area contributed by atoms with Gasteiger partial charge in [0.05, 0.1) is 0 Å². The molecule has 0 radical (unpaired) electrons. The molecule has 3 rings (SSSR count). The van der Waals surface area contributed by atoms with Gasteiger partial charge in [-0.3, -0.25) is 0 Å². The molecule has 2 N–H and O–H groups in total. The number of hydrogen-bond acceptors (Lipinski definition) is 2. The molecule has 3 aromatic rings. The molecule has 0 fully saturated rings. The SMILES string of the molecule is C=Cc1cc(C(c2ccccc2)c2ccccc2)cc(BC)c1ON. The third-order valence-corrected chi connectivity index (χ3v) is 4.53. The molecule has 0 aliphatic rings. The standard InChI is InChI=1S/C22H22BNO/c1-3-16-14-19(15-20(23-2)22(16)25-24)21(17-10-6-4-7-11-17)18-12-8-5-9-13-18/h3-15,21,23H,1,24H2,2H3. The molecular formula is C22H22BNO. The molecule has 0 aliphatic heterocycles. The largest absolute Gasteiger partial charge is 0.411 e. The second-order valence-electron chi connectivity index (χ2n) is 6.03. The van der Waals surface area contributed by atoms with Crippen LogP contribution < -0.4 is 16.2 Å². The molecule has 25 heavy (non-hydrogen) atoms. The van der Waals surface area contributed by atoms with E-state index in [2.05, 4.69) is 74.1 Å². The van der Waals surface area contributed by atoms with Crippen LogP contribution in [-0.2, 0) is 0 Å². The molecule has 0 aliphatic carbocycles. The number of nitrogens with two attached hydrogens (primary N) is 1. The Kier molecular flexibility index (Phi) is 5.37. The van der Waals surface area contributed by atoms with Crippen LogP contribution in [0.15, 0.2) is 79.4 Å². The summed E-state index contributed by atoms with van der Waals surface area (Å²) < 4.78 is 0. The molecule has 2 nitrogen and oxygen atoms in total. The summed E-state index contributed by atoms with van der Waals surface area (Å²) in [6, 6.07) is 25.4. The molecular weight excluding hydrogens is 305 g/mol. The Labute approximate surface area is 150 Å². The van der Waals surface area contributed by atoms with Gasteiger partial charge in [0.1, 0.15) is 5.75 Å². The predicted octanol–water partition coefficient (Wildman–Crippen LogP) is 3.87. The Bertz CT molecular complexity index is 807. The van der Waals surface area contributed by atoms with Gasteiger partial charge >= 0.3 is 0 Å². The first kappa shape index (κ1) is 17.1. The summed E-state index contributed by atoms with van der Waals surface area (Å²) in [5.74, 6) is 6.36. The zero-order chi connectivity index (χ0) is 17.6. The van der Waals surface area contributed by atoms with Crippen LogP contribution >= 0.6 is 0 Å². The normalized spacial score (nSPS) is 10.5. The van der Waals surface area contributed by atoms with Crippen LogP contribution in [0.5, 0.6) is 5.75 Å². The number of benzene rings is 3. The summed E-state index contributed by atoms with van der Waals surface area (Å²) in [4.78, 5) is 5.13. The van der Waals surface area contributed by atoms with Gasteiger partial charge in [-0.2, -0.15) is 5.90 Å². The average Bonchev–Trinajstić information content (AvgIpc) is 2.69. The fraction of sp³-hybridized carbons (Fsp3) is 0.0909. The van der Waals surface area contributed by atoms with E-state index in [0.717, 1.165) is 18.3 Å². The number of rotatable bonds is 6. The minimum atomic E-state index is 0.151. The predicted molar refractivity (Wildman–Crippen MR) is 108 cm³/mol. The van der Waals surface area contributed by atoms with Gasteiger partial charge in [0.25, 0.3) is 0 Å². The smallest absolute Gasteiger partial charge is 0.159 e. The van der Waals surface area contributed by atoms with E-state index >= 15 is 0 Å². The van der Waals surface area contributed by atoms with Crippen LogP contribution in [0, 0.1) is 0 Å². The van der Waals surface area contributed by atoms with Gasteiger partial charge in [-0.25, -0.2) is 0 Å². The highest BCUT2D eigenvalue weighted by Crippen LogP contribution is 2.33. The van der Waals surface area contributed by atoms with E-state index in [-0.39, 0.29) is 5.92 Å². The average molecular weight is 327 g/mol. The lowest BCUT2D eigenvalue weighted by molar-refractivity contribution is 0.336. The maximum absolute atomic E-state index is 5.50. The minimum Gasteiger partial charge on any atom is -0.411 e. The van der Waals surface area contributed by atoms with Crippen molar-refractivity contribution in [3.05, 3.63) is 102 Å². The summed E-state index contributed by atoms with van der Waals surface area (Å²) in [6.07, 6.45) is 1.80. The van der Waals surface area contributed by atoms with E-state index in [0.29, 0.717) is 5.75 Å². The first-order valence-corrected chi connectivity index (χ1v) is 8.54. The zero-order valence-electron chi connectivity index (χ0n) is 14.5. The number of hydrogen-bond donors (Lipinski definition) is 1. The van der Waals surface area contributed by atoms with Crippen molar-refractivity contribution in [1.29, 1.82) is 0 Å². The van der Waals surface area contributed by atoms with Crippen LogP contribution in [-0.4, -0.2) is 7.28 Å². The molecule has 0 atom stereocenters. The third kappa shape index (κ3) is 3.52. The molecule has 124 valence electrons. The van der Waals surface area contributed by atoms with E-state index in [1.165, 1.54) is 16.7 Å². The summed E-state index contributed by atoms with van der Waals surface area (Å²) in [5.41, 5.74) is 5.74. The molecule has 0 aromatic heterocycles. The molecule has 0 saturated heterocycles. The zero-order valence-corrected chi connectivity index (χ0v) is 14.5. The first-order chi connectivity index (χ1) is 12.3. The summed E-state index contributed by atoms with van der Waals surface area (Å²) in [7, 11) is 0.845. The van der Waals surface area contributed by atoms with E-state index in [9.17, 15) is 0 Å². The molecule has 0 spiro atoms. The lowest BCUT2D eigenvalue weighted by atomic mass is 9.70. The fourth-order valence-corrected chi connectivity index (χ4v) is 3.33. The highest BCUT2D eigenvalue weighted by atomic mass is 16.6. The van der Waals surface area contributed by atoms with E-state index < -0.39 is 0 Å². The van der Waals surface area contributed by atoms with Crippen molar-refractivity contribution in [3.63, 3.8) is 0 Å². The fourth-order valence-electron chi connectivity index (χ4n) is 3.33. The second kappa shape index (κ2) is 7.86. The molecule has 0 unspecified atom stereocenters. The lowest BCUT2D eigenvalue weighted by Gasteiger charge is -2.21. The lowest BCUT2D eigenvalue weighted by Crippen LogP contribution is -2.21. The molecule has 3 heteroatoms. The van der Waals surface area contributed by atoms with E-state index in [1.54, 1.807) is 6.08 Å². The minimum absolute atomic E-state index is 0.151. The topological polar surface area (TPSA) is 35.2 Å². The van der Waals surface area contributed by atoms with Gasteiger partial charge < -0.3 is 4.84 Å². The van der Waals surface area contributed by atoms with Gasteiger partial charge in [-0.05, 0) is 28.2 Å². The highest BCUT2D eigenvalue weighted by Gasteiger charge is 2.19. The Morgan fingerprint density at radius 1 is 0.920 bits per heavy atom. The van der Waals surface area contributed by atoms with Crippen LogP contribution in [0.2, 0.25) is 6.82 Å². The molecule has 3 aromatic carbocycles. The van der Waals surface area contributed by atoms with Crippen molar-refractivity contribution in [2.75, 3.05) is 0 Å². The van der Waals surface area contributed by atoms with Crippen LogP contribution in [0.1, 0.15) is 28.2 Å². The van der Waals surface area contributed by atoms with Crippen molar-refractivity contribution in [3.8, 4) is 5.75 Å². The van der Waals surface area contributed by atoms with E-state index in [1.807, 2.05) is 12.1 Å². The summed E-state index contributed by atoms with van der Waals surface area (Å²) in [6.45, 7) is 6.03. The Morgan fingerprint density at radius 3 is 1.92 bits per heavy atom. The Morgan fingerprint density at radius 2 is 1.48 bits per heavy atom. The summed E-state index contributed by atoms with van der Waals surface area (Å²) in [5, 5.41) is 0. The van der Waals surface area contributed by atoms with Crippen LogP contribution in [0.4, 0.5) is 0 Å². The van der Waals surface area contributed by atoms with Gasteiger partial charge in [-0.15, -0.1) is 0 Å². The molecule has 0 amide bonds. The van der Waals surface area contributed by atoms with Crippen molar-refractivity contribution in [1.82, 2.24) is 0 Å². The highest BCUT2D eigenvalue weighted by molar-refractivity contribution is 6.53. The quantitative estimate of drug-likeness (QED) is 0.424. The molecule has 0 heterocycles. The second-order valence-corrected chi connectivity index (χ2v) is 6.03. The monoisotopic (exact) mass is 327 g/mol. The molecule has 0 saturated carbocycles. The summed E-state index contributed by atoms with van der Waals surface area (Å²) >= 11 is 0. The van der Waals surface area contributed by atoms with Gasteiger partial charge in [0, 0.05) is 11.5 Å². The van der Waals surface area contributed by atoms with Gasteiger partial charge in [0.15, 0.2) is 7.28 Å². The van der Waals surface area contributed by atoms with Crippen molar-refractivity contribution >= 4 is 18.8 Å². The van der Waals surface area contributed by atoms with Crippen molar-refractivity contribution in [2.24, 2.45) is 5.90 Å². The molecule has 0 bridgehead atoms. The van der Waals surface area contributed by atoms with Crippen molar-refractivity contribution < 1.29 is 4.84 Å². The third-order valence-electron chi connectivity index (χ3n) is 4.53. The van der Waals surface area contributed by atoms with Crippen LogP contribution in [0.25, 0.3) is 6.08 Å². The maximum Gasteiger partial charge on any atom is 0.159 e. The first-order valence-electron chi connectivity index (χ1n) is 8.54. The maximum atomic E-state index is 5.50. The van der Waals surface area contributed by atoms with Gasteiger partial charge in [0.2, 0.25) is 0 Å². The van der Waals surface area contributed by atoms with Gasteiger partial charge in [-0.1, -0.05) is 86.2 Å². The van der Waals surface area contributed by atoms with E-state index in [4.69, 9.17) is 10.7 Å².